The van der Waals surface area contributed by atoms with Crippen LogP contribution in [0.2, 0.25) is 0 Å². The molecule has 1 N–H and O–H groups in total. The van der Waals surface area contributed by atoms with Crippen LogP contribution in [0, 0.1) is 5.92 Å². The summed E-state index contributed by atoms with van der Waals surface area (Å²) < 4.78 is 0. The van der Waals surface area contributed by atoms with Crippen molar-refractivity contribution in [1.29, 1.82) is 0 Å². The number of allylic oxidation sites excluding steroid dienone is 1. The molecule has 1 aliphatic carbocycles. The van der Waals surface area contributed by atoms with Crippen molar-refractivity contribution < 1.29 is 5.11 Å². The molecule has 1 aliphatic rings. The van der Waals surface area contributed by atoms with Crippen LogP contribution < -0.4 is 0 Å². The van der Waals surface area contributed by atoms with Crippen molar-refractivity contribution in [2.75, 3.05) is 6.61 Å². The lowest BCUT2D eigenvalue weighted by Gasteiger charge is -1.97. The first-order valence-corrected chi connectivity index (χ1v) is 2.71. The predicted octanol–water partition coefficient (Wildman–Crippen LogP) is 1.79. The number of aliphatic hydroxyl groups excluding tert-OH is 1. The molecule has 0 spiro atoms. The van der Waals surface area contributed by atoms with Gasteiger partial charge in [0, 0.05) is 12.5 Å². The Morgan fingerprint density at radius 3 is 2.33 bits per heavy atom. The molecule has 56 valence electrons. The smallest absolute Gasteiger partial charge is 0.0493 e. The lowest BCUT2D eigenvalue weighted by atomic mass is 10.1. The van der Waals surface area contributed by atoms with Crippen molar-refractivity contribution in [2.45, 2.75) is 12.8 Å². The van der Waals surface area contributed by atoms with E-state index < -0.39 is 0 Å². The standard InChI is InChI=1S/C6H10O.2ClH/c7-5-6-3-1-2-4-6;;/h1,3,6-7H,2,4-5H2;2*1H. The summed E-state index contributed by atoms with van der Waals surface area (Å²) in [5.41, 5.74) is 0. The summed E-state index contributed by atoms with van der Waals surface area (Å²) in [5, 5.41) is 8.51. The summed E-state index contributed by atoms with van der Waals surface area (Å²) >= 11 is 0. The second-order valence-electron chi connectivity index (χ2n) is 1.95. The van der Waals surface area contributed by atoms with Gasteiger partial charge >= 0.3 is 0 Å². The molecule has 0 fully saturated rings. The quantitative estimate of drug-likeness (QED) is 0.596. The number of hydrogen-bond acceptors (Lipinski definition) is 1. The fourth-order valence-corrected chi connectivity index (χ4v) is 0.847. The molecule has 0 aliphatic heterocycles. The topological polar surface area (TPSA) is 20.2 Å². The highest BCUT2D eigenvalue weighted by Crippen LogP contribution is 2.14. The summed E-state index contributed by atoms with van der Waals surface area (Å²) in [6.45, 7) is 0.330. The lowest BCUT2D eigenvalue weighted by Crippen LogP contribution is -1.96. The van der Waals surface area contributed by atoms with Gasteiger partial charge < -0.3 is 5.11 Å². The predicted molar refractivity (Wildman–Crippen MR) is 43.4 cm³/mol. The minimum Gasteiger partial charge on any atom is -0.396 e. The van der Waals surface area contributed by atoms with Crippen molar-refractivity contribution >= 4 is 24.8 Å². The summed E-state index contributed by atoms with van der Waals surface area (Å²) in [6.07, 6.45) is 6.52. The van der Waals surface area contributed by atoms with E-state index in [1.807, 2.05) is 0 Å². The Labute approximate surface area is 68.0 Å². The summed E-state index contributed by atoms with van der Waals surface area (Å²) in [4.78, 5) is 0. The second kappa shape index (κ2) is 6.40. The molecular formula is C6H12Cl2O. The Morgan fingerprint density at radius 1 is 1.44 bits per heavy atom. The van der Waals surface area contributed by atoms with Crippen LogP contribution in [0.4, 0.5) is 0 Å². The first-order chi connectivity index (χ1) is 3.43. The van der Waals surface area contributed by atoms with Crippen LogP contribution >= 0.6 is 24.8 Å². The van der Waals surface area contributed by atoms with Gasteiger partial charge in [0.2, 0.25) is 0 Å². The van der Waals surface area contributed by atoms with Crippen LogP contribution in [0.3, 0.4) is 0 Å². The minimum atomic E-state index is 0. The fourth-order valence-electron chi connectivity index (χ4n) is 0.847. The SMILES string of the molecule is Cl.Cl.OCC1C=CCC1. The van der Waals surface area contributed by atoms with E-state index in [9.17, 15) is 0 Å². The Kier molecular flexibility index (Phi) is 8.54. The molecule has 0 saturated heterocycles. The Bertz CT molecular complexity index is 83.1. The summed E-state index contributed by atoms with van der Waals surface area (Å²) in [6, 6.07) is 0. The molecule has 9 heavy (non-hydrogen) atoms. The Hall–Kier alpha value is 0.280. The van der Waals surface area contributed by atoms with Gasteiger partial charge in [0.15, 0.2) is 0 Å². The van der Waals surface area contributed by atoms with Crippen molar-refractivity contribution in [3.05, 3.63) is 12.2 Å². The molecule has 0 aromatic rings. The monoisotopic (exact) mass is 170 g/mol. The Balaban J connectivity index is 0. The molecule has 1 atom stereocenters. The van der Waals surface area contributed by atoms with E-state index in [-0.39, 0.29) is 24.8 Å². The molecule has 1 nitrogen and oxygen atoms in total. The molecule has 1 rings (SSSR count). The van der Waals surface area contributed by atoms with Crippen molar-refractivity contribution in [2.24, 2.45) is 5.92 Å². The third kappa shape index (κ3) is 3.79. The average molecular weight is 171 g/mol. The first-order valence-electron chi connectivity index (χ1n) is 2.71. The molecule has 0 radical (unpaired) electrons. The largest absolute Gasteiger partial charge is 0.396 e. The number of aliphatic hydroxyl groups is 1. The molecule has 0 bridgehead atoms. The minimum absolute atomic E-state index is 0. The van der Waals surface area contributed by atoms with E-state index in [0.717, 1.165) is 12.8 Å². The number of halogens is 2. The van der Waals surface area contributed by atoms with Crippen molar-refractivity contribution in [3.8, 4) is 0 Å². The molecule has 3 heteroatoms. The molecule has 0 heterocycles. The van der Waals surface area contributed by atoms with Gasteiger partial charge in [0.05, 0.1) is 0 Å². The van der Waals surface area contributed by atoms with E-state index in [2.05, 4.69) is 12.2 Å². The normalized spacial score (nSPS) is 22.6. The molecule has 0 aromatic heterocycles. The third-order valence-corrected chi connectivity index (χ3v) is 1.35. The van der Waals surface area contributed by atoms with Crippen LogP contribution in [-0.4, -0.2) is 11.7 Å². The van der Waals surface area contributed by atoms with Crippen molar-refractivity contribution in [3.63, 3.8) is 0 Å². The van der Waals surface area contributed by atoms with Gasteiger partial charge in [-0.3, -0.25) is 0 Å². The molecule has 0 amide bonds. The lowest BCUT2D eigenvalue weighted by molar-refractivity contribution is 0.251. The first kappa shape index (κ1) is 12.0. The van der Waals surface area contributed by atoms with E-state index in [4.69, 9.17) is 5.11 Å². The van der Waals surface area contributed by atoms with Crippen LogP contribution in [0.15, 0.2) is 12.2 Å². The maximum atomic E-state index is 8.51. The van der Waals surface area contributed by atoms with E-state index in [0.29, 0.717) is 12.5 Å². The van der Waals surface area contributed by atoms with Gasteiger partial charge in [0.25, 0.3) is 0 Å². The van der Waals surface area contributed by atoms with E-state index in [1.165, 1.54) is 0 Å². The zero-order valence-electron chi connectivity index (χ0n) is 5.12. The number of hydrogen-bond donors (Lipinski definition) is 1. The highest BCUT2D eigenvalue weighted by molar-refractivity contribution is 5.85. The van der Waals surface area contributed by atoms with Gasteiger partial charge in [-0.1, -0.05) is 12.2 Å². The number of rotatable bonds is 1. The maximum absolute atomic E-state index is 8.51. The molecule has 1 unspecified atom stereocenters. The van der Waals surface area contributed by atoms with E-state index >= 15 is 0 Å². The zero-order chi connectivity index (χ0) is 5.11. The van der Waals surface area contributed by atoms with Crippen LogP contribution in [0.1, 0.15) is 12.8 Å². The zero-order valence-corrected chi connectivity index (χ0v) is 6.75. The summed E-state index contributed by atoms with van der Waals surface area (Å²) in [7, 11) is 0. The van der Waals surface area contributed by atoms with Gasteiger partial charge in [-0.05, 0) is 12.8 Å². The molecular weight excluding hydrogens is 159 g/mol. The average Bonchev–Trinajstić information content (AvgIpc) is 2.14. The van der Waals surface area contributed by atoms with Gasteiger partial charge in [-0.2, -0.15) is 0 Å². The van der Waals surface area contributed by atoms with Crippen LogP contribution in [0.5, 0.6) is 0 Å². The summed E-state index contributed by atoms with van der Waals surface area (Å²) in [5.74, 6) is 0.472. The maximum Gasteiger partial charge on any atom is 0.0493 e. The highest BCUT2D eigenvalue weighted by Gasteiger charge is 2.05. The highest BCUT2D eigenvalue weighted by atomic mass is 35.5. The van der Waals surface area contributed by atoms with Crippen LogP contribution in [-0.2, 0) is 0 Å². The second-order valence-corrected chi connectivity index (χ2v) is 1.95. The van der Waals surface area contributed by atoms with Gasteiger partial charge in [-0.15, -0.1) is 24.8 Å². The van der Waals surface area contributed by atoms with E-state index in [1.54, 1.807) is 0 Å². The van der Waals surface area contributed by atoms with Gasteiger partial charge in [-0.25, -0.2) is 0 Å². The van der Waals surface area contributed by atoms with Crippen molar-refractivity contribution in [1.82, 2.24) is 0 Å². The van der Waals surface area contributed by atoms with Gasteiger partial charge in [0.1, 0.15) is 0 Å². The molecule has 0 aromatic carbocycles. The fraction of sp³-hybridized carbons (Fsp3) is 0.667. The molecule has 0 saturated carbocycles. The third-order valence-electron chi connectivity index (χ3n) is 1.35. The van der Waals surface area contributed by atoms with Crippen LogP contribution in [0.25, 0.3) is 0 Å². The Morgan fingerprint density at radius 2 is 2.11 bits per heavy atom.